The van der Waals surface area contributed by atoms with Crippen LogP contribution in [0.3, 0.4) is 0 Å². The van der Waals surface area contributed by atoms with Crippen LogP contribution >= 0.6 is 11.5 Å². The molecule has 0 aliphatic rings. The van der Waals surface area contributed by atoms with Gasteiger partial charge in [-0.2, -0.15) is 9.36 Å². The number of sulfonamides is 2. The molecular formula is C16H16N4O4S3. The smallest absolute Gasteiger partial charge is 0.253 e. The van der Waals surface area contributed by atoms with Gasteiger partial charge in [-0.15, -0.1) is 0 Å². The first-order valence-corrected chi connectivity index (χ1v) is 11.4. The lowest BCUT2D eigenvalue weighted by Crippen LogP contribution is -2.15. The van der Waals surface area contributed by atoms with Crippen LogP contribution in [0.4, 0.5) is 11.1 Å². The van der Waals surface area contributed by atoms with Crippen LogP contribution in [0, 0.1) is 13.8 Å². The first kappa shape index (κ1) is 19.3. The van der Waals surface area contributed by atoms with Gasteiger partial charge < -0.3 is 0 Å². The van der Waals surface area contributed by atoms with E-state index in [0.29, 0.717) is 0 Å². The van der Waals surface area contributed by atoms with Crippen LogP contribution in [0.25, 0.3) is 0 Å². The molecule has 0 aliphatic carbocycles. The fraction of sp³-hybridized carbons (Fsp3) is 0.125. The summed E-state index contributed by atoms with van der Waals surface area (Å²) in [5.74, 6) is -0.206. The third-order valence-corrected chi connectivity index (χ3v) is 6.99. The van der Waals surface area contributed by atoms with E-state index < -0.39 is 20.0 Å². The van der Waals surface area contributed by atoms with Crippen LogP contribution in [0.5, 0.6) is 0 Å². The highest BCUT2D eigenvalue weighted by Gasteiger charge is 2.20. The average Bonchev–Trinajstić information content (AvgIpc) is 3.01. The van der Waals surface area contributed by atoms with Crippen molar-refractivity contribution >= 4 is 42.7 Å². The number of aromatic nitrogens is 2. The summed E-state index contributed by atoms with van der Waals surface area (Å²) in [7, 11) is -7.70. The Kier molecular flexibility index (Phi) is 5.18. The van der Waals surface area contributed by atoms with E-state index in [1.165, 1.54) is 24.3 Å². The molecular weight excluding hydrogens is 408 g/mol. The number of rotatable bonds is 6. The van der Waals surface area contributed by atoms with E-state index in [-0.39, 0.29) is 20.9 Å². The fourth-order valence-electron chi connectivity index (χ4n) is 2.09. The molecule has 0 spiro atoms. The number of hydrogen-bond acceptors (Lipinski definition) is 7. The Labute approximate surface area is 161 Å². The molecule has 0 aliphatic heterocycles. The van der Waals surface area contributed by atoms with Crippen molar-refractivity contribution in [2.45, 2.75) is 23.6 Å². The Morgan fingerprint density at radius 3 is 1.67 bits per heavy atom. The minimum atomic E-state index is -3.86. The molecule has 2 aromatic carbocycles. The molecule has 3 aromatic rings. The lowest BCUT2D eigenvalue weighted by atomic mass is 10.2. The molecule has 11 heteroatoms. The summed E-state index contributed by atoms with van der Waals surface area (Å²) >= 11 is 0.734. The van der Waals surface area contributed by atoms with Crippen LogP contribution in [-0.4, -0.2) is 26.2 Å². The molecule has 0 saturated heterocycles. The third kappa shape index (κ3) is 4.62. The molecule has 0 fully saturated rings. The second-order valence-electron chi connectivity index (χ2n) is 5.76. The third-order valence-electron chi connectivity index (χ3n) is 3.54. The van der Waals surface area contributed by atoms with E-state index >= 15 is 0 Å². The van der Waals surface area contributed by atoms with Gasteiger partial charge in [0.05, 0.1) is 9.79 Å². The molecule has 2 N–H and O–H groups in total. The lowest BCUT2D eigenvalue weighted by molar-refractivity contribution is 0.599. The van der Waals surface area contributed by atoms with E-state index in [9.17, 15) is 16.8 Å². The monoisotopic (exact) mass is 424 g/mol. The summed E-state index contributed by atoms with van der Waals surface area (Å²) in [6.07, 6.45) is 0. The summed E-state index contributed by atoms with van der Waals surface area (Å²) in [5.41, 5.74) is 1.85. The molecule has 1 heterocycles. The molecule has 8 nitrogen and oxygen atoms in total. The number of aryl methyl sites for hydroxylation is 2. The van der Waals surface area contributed by atoms with Crippen LogP contribution in [-0.2, 0) is 20.0 Å². The Balaban J connectivity index is 1.76. The van der Waals surface area contributed by atoms with Crippen molar-refractivity contribution in [3.63, 3.8) is 0 Å². The second kappa shape index (κ2) is 7.25. The van der Waals surface area contributed by atoms with Gasteiger partial charge in [0.25, 0.3) is 26.0 Å². The maximum atomic E-state index is 12.3. The molecule has 0 bridgehead atoms. The summed E-state index contributed by atoms with van der Waals surface area (Å²) in [6.45, 7) is 3.69. The largest absolute Gasteiger partial charge is 0.264 e. The van der Waals surface area contributed by atoms with Crippen molar-refractivity contribution in [2.75, 3.05) is 9.44 Å². The van der Waals surface area contributed by atoms with Gasteiger partial charge in [-0.3, -0.25) is 4.72 Å². The SMILES string of the molecule is Cc1ccc(S(=O)(=O)Nc2nsc(NS(=O)(=O)c3ccc(C)cc3)n2)cc1. The summed E-state index contributed by atoms with van der Waals surface area (Å²) in [6, 6.07) is 12.6. The number of nitrogens with one attached hydrogen (secondary N) is 2. The van der Waals surface area contributed by atoms with Gasteiger partial charge in [-0.25, -0.2) is 21.6 Å². The molecule has 0 amide bonds. The first-order chi connectivity index (χ1) is 12.7. The average molecular weight is 425 g/mol. The van der Waals surface area contributed by atoms with Gasteiger partial charge in [0.1, 0.15) is 0 Å². The standard InChI is InChI=1S/C16H16N4O4S3/c1-11-3-7-13(8-4-11)26(21,22)19-15-17-16(25-18-15)20-27(23,24)14-9-5-12(2)6-10-14/h3-10H,1-2H3,(H2,17,18,19,20). The normalized spacial score (nSPS) is 11.9. The fourth-order valence-corrected chi connectivity index (χ4v) is 4.85. The zero-order chi connectivity index (χ0) is 19.7. The molecule has 0 saturated carbocycles. The van der Waals surface area contributed by atoms with Crippen molar-refractivity contribution in [3.05, 3.63) is 59.7 Å². The maximum absolute atomic E-state index is 12.3. The number of hydrogen-bond donors (Lipinski definition) is 2. The molecule has 0 atom stereocenters. The summed E-state index contributed by atoms with van der Waals surface area (Å²) < 4.78 is 57.7. The van der Waals surface area contributed by atoms with Crippen molar-refractivity contribution in [1.82, 2.24) is 9.36 Å². The van der Waals surface area contributed by atoms with Gasteiger partial charge >= 0.3 is 0 Å². The van der Waals surface area contributed by atoms with E-state index in [1.807, 2.05) is 13.8 Å². The zero-order valence-corrected chi connectivity index (χ0v) is 16.8. The van der Waals surface area contributed by atoms with E-state index in [4.69, 9.17) is 0 Å². The second-order valence-corrected chi connectivity index (χ2v) is 9.88. The Morgan fingerprint density at radius 1 is 0.741 bits per heavy atom. The van der Waals surface area contributed by atoms with Crippen molar-refractivity contribution in [3.8, 4) is 0 Å². The van der Waals surface area contributed by atoms with Gasteiger partial charge in [0, 0.05) is 11.5 Å². The van der Waals surface area contributed by atoms with Gasteiger partial charge in [0.2, 0.25) is 5.13 Å². The van der Waals surface area contributed by atoms with E-state index in [1.54, 1.807) is 24.3 Å². The quantitative estimate of drug-likeness (QED) is 0.628. The number of benzene rings is 2. The van der Waals surface area contributed by atoms with Gasteiger partial charge in [0.15, 0.2) is 0 Å². The summed E-state index contributed by atoms with van der Waals surface area (Å²) in [5, 5.41) is -0.0443. The van der Waals surface area contributed by atoms with Crippen LogP contribution in [0.15, 0.2) is 58.3 Å². The van der Waals surface area contributed by atoms with Crippen molar-refractivity contribution in [1.29, 1.82) is 0 Å². The zero-order valence-electron chi connectivity index (χ0n) is 14.4. The highest BCUT2D eigenvalue weighted by Crippen LogP contribution is 2.21. The molecule has 0 radical (unpaired) electrons. The number of anilines is 2. The van der Waals surface area contributed by atoms with Gasteiger partial charge in [-0.1, -0.05) is 35.4 Å². The molecule has 142 valence electrons. The Bertz CT molecular complexity index is 1060. The maximum Gasteiger partial charge on any atom is 0.264 e. The highest BCUT2D eigenvalue weighted by molar-refractivity contribution is 7.93. The predicted molar refractivity (Wildman–Crippen MR) is 104 cm³/mol. The molecule has 27 heavy (non-hydrogen) atoms. The first-order valence-electron chi connectivity index (χ1n) is 7.68. The van der Waals surface area contributed by atoms with E-state index in [2.05, 4.69) is 18.8 Å². The Hall–Kier alpha value is -2.50. The highest BCUT2D eigenvalue weighted by atomic mass is 32.2. The van der Waals surface area contributed by atoms with Crippen LogP contribution in [0.2, 0.25) is 0 Å². The minimum absolute atomic E-state index is 0.0443. The molecule has 1 aromatic heterocycles. The van der Waals surface area contributed by atoms with Crippen LogP contribution in [0.1, 0.15) is 11.1 Å². The number of nitrogens with zero attached hydrogens (tertiary/aromatic N) is 2. The van der Waals surface area contributed by atoms with Crippen LogP contribution < -0.4 is 9.44 Å². The van der Waals surface area contributed by atoms with Gasteiger partial charge in [-0.05, 0) is 38.1 Å². The summed E-state index contributed by atoms with van der Waals surface area (Å²) in [4.78, 5) is 4.03. The van der Waals surface area contributed by atoms with Crippen molar-refractivity contribution in [2.24, 2.45) is 0 Å². The lowest BCUT2D eigenvalue weighted by Gasteiger charge is -2.05. The molecule has 3 rings (SSSR count). The van der Waals surface area contributed by atoms with Crippen molar-refractivity contribution < 1.29 is 16.8 Å². The molecule has 0 unspecified atom stereocenters. The Morgan fingerprint density at radius 2 is 1.19 bits per heavy atom. The predicted octanol–water partition coefficient (Wildman–Crippen LogP) is 2.76. The topological polar surface area (TPSA) is 118 Å². The van der Waals surface area contributed by atoms with E-state index in [0.717, 1.165) is 22.7 Å². The minimum Gasteiger partial charge on any atom is -0.253 e.